The molecule has 0 aliphatic heterocycles. The number of carboxylic acids is 1. The first-order chi connectivity index (χ1) is 9.16. The minimum Gasteiger partial charge on any atom is -0.478 e. The smallest absolute Gasteiger partial charge is 0.337 e. The minimum atomic E-state index is -0.919. The quantitative estimate of drug-likeness (QED) is 0.796. The van der Waals surface area contributed by atoms with Gasteiger partial charge < -0.3 is 9.67 Å². The number of rotatable bonds is 3. The van der Waals surface area contributed by atoms with Gasteiger partial charge in [0.25, 0.3) is 0 Å². The second-order valence-corrected chi connectivity index (χ2v) is 5.14. The average molecular weight is 272 g/mol. The van der Waals surface area contributed by atoms with Crippen molar-refractivity contribution in [1.82, 2.24) is 9.55 Å². The van der Waals surface area contributed by atoms with E-state index in [1.165, 1.54) is 0 Å². The Balaban J connectivity index is 2.22. The van der Waals surface area contributed by atoms with Crippen molar-refractivity contribution in [2.24, 2.45) is 0 Å². The molecule has 0 radical (unpaired) electrons. The van der Waals surface area contributed by atoms with Gasteiger partial charge in [-0.2, -0.15) is 11.3 Å². The van der Waals surface area contributed by atoms with Crippen molar-refractivity contribution in [3.05, 3.63) is 52.0 Å². The number of hydrogen-bond acceptors (Lipinski definition) is 3. The molecule has 0 aliphatic carbocycles. The zero-order valence-electron chi connectivity index (χ0n) is 10.3. The third-order valence-corrected chi connectivity index (χ3v) is 3.84. The lowest BCUT2D eigenvalue weighted by Crippen LogP contribution is -2.05. The Morgan fingerprint density at radius 1 is 1.42 bits per heavy atom. The Morgan fingerprint density at radius 2 is 2.26 bits per heavy atom. The fourth-order valence-electron chi connectivity index (χ4n) is 2.23. The summed E-state index contributed by atoms with van der Waals surface area (Å²) in [7, 11) is 0. The molecule has 0 amide bonds. The number of hydrogen-bond donors (Lipinski definition) is 1. The Morgan fingerprint density at radius 3 is 2.95 bits per heavy atom. The Kier molecular flexibility index (Phi) is 2.83. The largest absolute Gasteiger partial charge is 0.478 e. The van der Waals surface area contributed by atoms with E-state index in [0.717, 1.165) is 16.9 Å². The number of thiophene rings is 1. The summed E-state index contributed by atoms with van der Waals surface area (Å²) < 4.78 is 1.96. The second-order valence-electron chi connectivity index (χ2n) is 4.36. The molecule has 0 fully saturated rings. The van der Waals surface area contributed by atoms with Crippen LogP contribution < -0.4 is 0 Å². The molecule has 4 nitrogen and oxygen atoms in total. The third kappa shape index (κ3) is 2.02. The van der Waals surface area contributed by atoms with Crippen molar-refractivity contribution in [3.63, 3.8) is 0 Å². The van der Waals surface area contributed by atoms with Gasteiger partial charge in [0, 0.05) is 0 Å². The zero-order valence-corrected chi connectivity index (χ0v) is 11.1. The summed E-state index contributed by atoms with van der Waals surface area (Å²) in [5.41, 5.74) is 2.88. The van der Waals surface area contributed by atoms with Crippen molar-refractivity contribution in [1.29, 1.82) is 0 Å². The lowest BCUT2D eigenvalue weighted by molar-refractivity contribution is 0.0698. The first-order valence-corrected chi connectivity index (χ1v) is 6.81. The Hall–Kier alpha value is -2.14. The van der Waals surface area contributed by atoms with E-state index in [1.807, 2.05) is 29.0 Å². The summed E-state index contributed by atoms with van der Waals surface area (Å²) in [6.45, 7) is 2.55. The zero-order chi connectivity index (χ0) is 13.4. The summed E-state index contributed by atoms with van der Waals surface area (Å²) >= 11 is 1.63. The van der Waals surface area contributed by atoms with Gasteiger partial charge in [-0.05, 0) is 41.4 Å². The standard InChI is InChI=1S/C14H12N2O2S/c1-9-15-12-4-2-3-11(14(17)18)13(12)16(9)7-10-5-6-19-8-10/h2-6,8H,7H2,1H3,(H,17,18). The number of aryl methyl sites for hydroxylation is 1. The monoisotopic (exact) mass is 272 g/mol. The van der Waals surface area contributed by atoms with Gasteiger partial charge in [-0.3, -0.25) is 0 Å². The van der Waals surface area contributed by atoms with Crippen molar-refractivity contribution in [2.45, 2.75) is 13.5 Å². The van der Waals surface area contributed by atoms with Gasteiger partial charge in [0.2, 0.25) is 0 Å². The highest BCUT2D eigenvalue weighted by molar-refractivity contribution is 7.07. The molecular formula is C14H12N2O2S. The minimum absolute atomic E-state index is 0.299. The molecule has 0 unspecified atom stereocenters. The van der Waals surface area contributed by atoms with Gasteiger partial charge in [-0.15, -0.1) is 0 Å². The molecule has 1 aromatic carbocycles. The van der Waals surface area contributed by atoms with E-state index < -0.39 is 5.97 Å². The molecule has 0 saturated carbocycles. The number of aromatic carboxylic acids is 1. The number of carbonyl (C=O) groups is 1. The molecular weight excluding hydrogens is 260 g/mol. The van der Waals surface area contributed by atoms with Crippen molar-refractivity contribution >= 4 is 28.3 Å². The van der Waals surface area contributed by atoms with Crippen LogP contribution >= 0.6 is 11.3 Å². The van der Waals surface area contributed by atoms with Crippen LogP contribution in [0, 0.1) is 6.92 Å². The fourth-order valence-corrected chi connectivity index (χ4v) is 2.89. The molecule has 0 atom stereocenters. The van der Waals surface area contributed by atoms with E-state index in [-0.39, 0.29) is 0 Å². The van der Waals surface area contributed by atoms with Crippen LogP contribution in [0.25, 0.3) is 11.0 Å². The molecule has 1 N–H and O–H groups in total. The summed E-state index contributed by atoms with van der Waals surface area (Å²) in [5, 5.41) is 13.4. The van der Waals surface area contributed by atoms with Crippen molar-refractivity contribution in [3.8, 4) is 0 Å². The molecule has 3 aromatic rings. The number of imidazole rings is 1. The maximum Gasteiger partial charge on any atom is 0.337 e. The summed E-state index contributed by atoms with van der Waals surface area (Å²) in [6.07, 6.45) is 0. The highest BCUT2D eigenvalue weighted by Crippen LogP contribution is 2.22. The van der Waals surface area contributed by atoms with Crippen LogP contribution in [0.15, 0.2) is 35.0 Å². The molecule has 2 heterocycles. The molecule has 19 heavy (non-hydrogen) atoms. The van der Waals surface area contributed by atoms with E-state index >= 15 is 0 Å². The molecule has 0 aliphatic rings. The van der Waals surface area contributed by atoms with Crippen LogP contribution in [-0.4, -0.2) is 20.6 Å². The van der Waals surface area contributed by atoms with Crippen molar-refractivity contribution < 1.29 is 9.90 Å². The number of fused-ring (bicyclic) bond motifs is 1. The van der Waals surface area contributed by atoms with Crippen LogP contribution in [0.5, 0.6) is 0 Å². The van der Waals surface area contributed by atoms with E-state index in [0.29, 0.717) is 17.6 Å². The highest BCUT2D eigenvalue weighted by Gasteiger charge is 2.15. The molecule has 5 heteroatoms. The second kappa shape index (κ2) is 4.51. The van der Waals surface area contributed by atoms with Gasteiger partial charge in [0.15, 0.2) is 0 Å². The normalized spacial score (nSPS) is 11.0. The molecule has 0 bridgehead atoms. The van der Waals surface area contributed by atoms with E-state index in [9.17, 15) is 9.90 Å². The number of carboxylic acid groups (broad SMARTS) is 1. The van der Waals surface area contributed by atoms with Crippen LogP contribution in [0.3, 0.4) is 0 Å². The Bertz CT molecular complexity index is 744. The average Bonchev–Trinajstić information content (AvgIpc) is 2.98. The highest BCUT2D eigenvalue weighted by atomic mass is 32.1. The van der Waals surface area contributed by atoms with Crippen LogP contribution in [0.2, 0.25) is 0 Å². The molecule has 3 rings (SSSR count). The van der Waals surface area contributed by atoms with Gasteiger partial charge >= 0.3 is 5.97 Å². The van der Waals surface area contributed by atoms with E-state index in [1.54, 1.807) is 23.5 Å². The van der Waals surface area contributed by atoms with Gasteiger partial charge in [0.1, 0.15) is 5.82 Å². The number of nitrogens with zero attached hydrogens (tertiary/aromatic N) is 2. The summed E-state index contributed by atoms with van der Waals surface area (Å²) in [4.78, 5) is 15.8. The molecule has 0 spiro atoms. The van der Waals surface area contributed by atoms with Gasteiger partial charge in [-0.1, -0.05) is 6.07 Å². The van der Waals surface area contributed by atoms with Gasteiger partial charge in [-0.25, -0.2) is 9.78 Å². The maximum absolute atomic E-state index is 11.3. The van der Waals surface area contributed by atoms with Crippen LogP contribution in [-0.2, 0) is 6.54 Å². The van der Waals surface area contributed by atoms with Crippen LogP contribution in [0.1, 0.15) is 21.7 Å². The number of aromatic nitrogens is 2. The molecule has 96 valence electrons. The van der Waals surface area contributed by atoms with E-state index in [4.69, 9.17) is 0 Å². The first kappa shape index (κ1) is 11.9. The third-order valence-electron chi connectivity index (χ3n) is 3.11. The molecule has 2 aromatic heterocycles. The maximum atomic E-state index is 11.3. The number of para-hydroxylation sites is 1. The number of benzene rings is 1. The summed E-state index contributed by atoms with van der Waals surface area (Å²) in [6, 6.07) is 7.24. The van der Waals surface area contributed by atoms with E-state index in [2.05, 4.69) is 10.4 Å². The molecule has 0 saturated heterocycles. The predicted molar refractivity (Wildman–Crippen MR) is 74.9 cm³/mol. The first-order valence-electron chi connectivity index (χ1n) is 5.87. The summed E-state index contributed by atoms with van der Waals surface area (Å²) in [5.74, 6) is -0.0908. The van der Waals surface area contributed by atoms with Crippen molar-refractivity contribution in [2.75, 3.05) is 0 Å². The predicted octanol–water partition coefficient (Wildman–Crippen LogP) is 3.15. The topological polar surface area (TPSA) is 55.1 Å². The Labute approximate surface area is 113 Å². The lowest BCUT2D eigenvalue weighted by atomic mass is 10.2. The van der Waals surface area contributed by atoms with Gasteiger partial charge in [0.05, 0.1) is 23.1 Å². The van der Waals surface area contributed by atoms with Crippen LogP contribution in [0.4, 0.5) is 0 Å². The lowest BCUT2D eigenvalue weighted by Gasteiger charge is -2.07. The fraction of sp³-hybridized carbons (Fsp3) is 0.143. The SMILES string of the molecule is Cc1nc2cccc(C(=O)O)c2n1Cc1ccsc1.